The van der Waals surface area contributed by atoms with Crippen molar-refractivity contribution in [1.82, 2.24) is 15.1 Å². The number of para-hydroxylation sites is 1. The van der Waals surface area contributed by atoms with E-state index in [0.29, 0.717) is 68.6 Å². The van der Waals surface area contributed by atoms with E-state index >= 15 is 0 Å². The number of nitrogens with zero attached hydrogens (tertiary/aromatic N) is 2. The van der Waals surface area contributed by atoms with Crippen molar-refractivity contribution in [1.29, 1.82) is 0 Å². The molecule has 4 N–H and O–H groups in total. The Hall–Kier alpha value is -4.51. The Kier molecular flexibility index (Phi) is 8.98. The predicted octanol–water partition coefficient (Wildman–Crippen LogP) is 4.05. The number of carbonyl (C=O) groups is 2. The zero-order chi connectivity index (χ0) is 39.4. The lowest BCUT2D eigenvalue weighted by Gasteiger charge is -2.53. The molecule has 15 heteroatoms. The van der Waals surface area contributed by atoms with Crippen LogP contribution in [0.4, 0.5) is 0 Å². The summed E-state index contributed by atoms with van der Waals surface area (Å²) in [5.74, 6) is 0.799. The fourth-order valence-corrected chi connectivity index (χ4v) is 11.6. The number of aryl methyl sites for hydroxylation is 1. The van der Waals surface area contributed by atoms with E-state index in [-0.39, 0.29) is 37.9 Å². The number of hydrogen-bond donors (Lipinski definition) is 4. The Labute approximate surface area is 327 Å². The van der Waals surface area contributed by atoms with Crippen molar-refractivity contribution >= 4 is 34.7 Å². The van der Waals surface area contributed by atoms with Gasteiger partial charge in [-0.1, -0.05) is 24.3 Å². The molecule has 0 unspecified atom stereocenters. The molecule has 0 amide bonds. The second-order valence-electron chi connectivity index (χ2n) is 15.5. The van der Waals surface area contributed by atoms with Crippen LogP contribution < -0.4 is 24.3 Å². The molecule has 0 saturated carbocycles. The molecule has 3 aromatic carbocycles. The molecule has 2 bridgehead atoms. The van der Waals surface area contributed by atoms with E-state index in [2.05, 4.69) is 5.32 Å². The SMILES string of the molecule is COc1c(C)cc2c(c1O)[C@@H](N(C)C)[C@@H]1[C@@H]3SC[C@@]4(N[C@H](CO)Cc5c4oc4ccccc54)C(=O)OC[C@@H](c4c5c(c(C)c(OC(C)=O)c43)OCO5)N1[C@@H](O)C2. The van der Waals surface area contributed by atoms with Gasteiger partial charge in [0.05, 0.1) is 31.1 Å². The van der Waals surface area contributed by atoms with Crippen molar-refractivity contribution in [3.8, 4) is 28.7 Å². The number of aliphatic hydroxyl groups is 2. The minimum absolute atomic E-state index is 0.0231. The van der Waals surface area contributed by atoms with E-state index in [0.717, 1.165) is 16.5 Å². The van der Waals surface area contributed by atoms with E-state index in [1.54, 1.807) is 0 Å². The van der Waals surface area contributed by atoms with Crippen LogP contribution in [0.2, 0.25) is 0 Å². The van der Waals surface area contributed by atoms with Gasteiger partial charge < -0.3 is 48.3 Å². The standard InChI is InChI=1S/C41H45N3O11S/c1-18-11-21-12-27(47)44-25-15-51-40(49)41(39-24(13-22(14-45)42-41)23-9-7-8-10-26(23)55-39)16-56-38(32(44)31(43(4)5)28(21)33(48)34(18)50-6)30-29(25)37-36(52-17-53-37)19(2)35(30)54-20(3)46/h7-11,22,25,27,31-32,38,42,45,47-48H,12-17H2,1-6H3/t22-,25-,27-,31+,32+,38+,41-/m0/s1. The van der Waals surface area contributed by atoms with Gasteiger partial charge in [-0.05, 0) is 51.6 Å². The first-order valence-corrected chi connectivity index (χ1v) is 19.8. The third kappa shape index (κ3) is 5.28. The van der Waals surface area contributed by atoms with E-state index in [9.17, 15) is 24.9 Å². The Morgan fingerprint density at radius 1 is 1.09 bits per heavy atom. The summed E-state index contributed by atoms with van der Waals surface area (Å²) in [6.07, 6.45) is -0.562. The van der Waals surface area contributed by atoms with E-state index in [1.165, 1.54) is 25.8 Å². The number of thioether (sulfide) groups is 1. The van der Waals surface area contributed by atoms with Gasteiger partial charge in [-0.15, -0.1) is 11.8 Å². The summed E-state index contributed by atoms with van der Waals surface area (Å²) >= 11 is 1.42. The lowest BCUT2D eigenvalue weighted by Crippen LogP contribution is -2.62. The smallest absolute Gasteiger partial charge is 0.335 e. The quantitative estimate of drug-likeness (QED) is 0.172. The number of fused-ring (bicyclic) bond motifs is 8. The molecule has 56 heavy (non-hydrogen) atoms. The highest BCUT2D eigenvalue weighted by Gasteiger charge is 2.59. The number of benzene rings is 3. The van der Waals surface area contributed by atoms with Crippen molar-refractivity contribution in [2.45, 2.75) is 74.8 Å². The largest absolute Gasteiger partial charge is 0.504 e. The Morgan fingerprint density at radius 3 is 2.59 bits per heavy atom. The number of carbonyl (C=O) groups excluding carboxylic acids is 2. The van der Waals surface area contributed by atoms with Crippen LogP contribution in [0.1, 0.15) is 69.0 Å². The summed E-state index contributed by atoms with van der Waals surface area (Å²) in [6.45, 7) is 4.45. The molecule has 1 saturated heterocycles. The first-order chi connectivity index (χ1) is 26.9. The second-order valence-corrected chi connectivity index (χ2v) is 16.6. The number of hydrogen-bond acceptors (Lipinski definition) is 15. The topological polar surface area (TPSA) is 173 Å². The number of methoxy groups -OCH3 is 1. The average Bonchev–Trinajstić information content (AvgIpc) is 3.78. The van der Waals surface area contributed by atoms with Crippen LogP contribution in [-0.2, 0) is 32.7 Å². The molecule has 0 aliphatic carbocycles. The molecule has 7 atom stereocenters. The highest BCUT2D eigenvalue weighted by Crippen LogP contribution is 2.63. The van der Waals surface area contributed by atoms with Crippen LogP contribution in [-0.4, -0.2) is 102 Å². The molecular weight excluding hydrogens is 743 g/mol. The van der Waals surface area contributed by atoms with Gasteiger partial charge in [-0.25, -0.2) is 4.79 Å². The summed E-state index contributed by atoms with van der Waals surface area (Å²) in [5, 5.41) is 38.8. The number of ether oxygens (including phenoxy) is 5. The molecule has 1 spiro atoms. The van der Waals surface area contributed by atoms with Gasteiger partial charge in [0, 0.05) is 64.4 Å². The minimum Gasteiger partial charge on any atom is -0.504 e. The number of aromatic hydroxyl groups is 1. The monoisotopic (exact) mass is 787 g/mol. The first-order valence-electron chi connectivity index (χ1n) is 18.7. The first kappa shape index (κ1) is 37.1. The molecule has 4 aromatic rings. The predicted molar refractivity (Wildman–Crippen MR) is 204 cm³/mol. The molecule has 6 aliphatic rings. The molecule has 0 radical (unpaired) electrons. The van der Waals surface area contributed by atoms with Crippen molar-refractivity contribution < 1.29 is 53.0 Å². The average molecular weight is 788 g/mol. The molecular formula is C41H45N3O11S. The van der Waals surface area contributed by atoms with Gasteiger partial charge in [0.1, 0.15) is 29.9 Å². The molecule has 1 fully saturated rings. The van der Waals surface area contributed by atoms with Crippen LogP contribution in [0.5, 0.6) is 28.7 Å². The normalized spacial score (nSPS) is 28.0. The zero-order valence-corrected chi connectivity index (χ0v) is 32.8. The van der Waals surface area contributed by atoms with Gasteiger partial charge >= 0.3 is 11.9 Å². The van der Waals surface area contributed by atoms with Gasteiger partial charge in [-0.2, -0.15) is 0 Å². The number of likely N-dealkylation sites (N-methyl/N-ethyl adjacent to an activating group) is 1. The molecule has 6 aliphatic heterocycles. The van der Waals surface area contributed by atoms with Crippen LogP contribution in [0.15, 0.2) is 34.7 Å². The molecule has 1 aromatic heterocycles. The maximum atomic E-state index is 14.9. The number of rotatable bonds is 4. The number of furan rings is 1. The minimum atomic E-state index is -1.54. The summed E-state index contributed by atoms with van der Waals surface area (Å²) in [5.41, 5.74) is 3.74. The lowest BCUT2D eigenvalue weighted by molar-refractivity contribution is -0.159. The van der Waals surface area contributed by atoms with Gasteiger partial charge in [0.25, 0.3) is 0 Å². The van der Waals surface area contributed by atoms with E-state index in [1.807, 2.05) is 68.1 Å². The molecule has 10 rings (SSSR count). The van der Waals surface area contributed by atoms with Crippen LogP contribution in [0.3, 0.4) is 0 Å². The number of aliphatic hydroxyl groups excluding tert-OH is 2. The summed E-state index contributed by atoms with van der Waals surface area (Å²) in [4.78, 5) is 31.8. The maximum absolute atomic E-state index is 14.9. The molecule has 296 valence electrons. The summed E-state index contributed by atoms with van der Waals surface area (Å²) in [7, 11) is 5.36. The highest BCUT2D eigenvalue weighted by molar-refractivity contribution is 7.99. The van der Waals surface area contributed by atoms with Crippen molar-refractivity contribution in [3.63, 3.8) is 0 Å². The van der Waals surface area contributed by atoms with Crippen LogP contribution in [0.25, 0.3) is 11.0 Å². The Bertz CT molecular complexity index is 2290. The second kappa shape index (κ2) is 13.6. The number of nitrogens with one attached hydrogen (secondary N) is 1. The van der Waals surface area contributed by atoms with E-state index in [4.69, 9.17) is 28.1 Å². The van der Waals surface area contributed by atoms with Crippen molar-refractivity contribution in [2.75, 3.05) is 47.0 Å². The third-order valence-electron chi connectivity index (χ3n) is 12.1. The zero-order valence-electron chi connectivity index (χ0n) is 32.0. The third-order valence-corrected chi connectivity index (χ3v) is 13.5. The molecule has 14 nitrogen and oxygen atoms in total. The summed E-state index contributed by atoms with van der Waals surface area (Å²) < 4.78 is 37.1. The number of phenols is 1. The number of phenolic OH excluding ortho intramolecular Hbond substituents is 1. The lowest BCUT2D eigenvalue weighted by atomic mass is 9.80. The molecule has 7 heterocycles. The fraction of sp³-hybridized carbons (Fsp3) is 0.463. The summed E-state index contributed by atoms with van der Waals surface area (Å²) in [6, 6.07) is 6.96. The van der Waals surface area contributed by atoms with Gasteiger partial charge in [0.15, 0.2) is 28.5 Å². The van der Waals surface area contributed by atoms with Crippen molar-refractivity contribution in [3.05, 3.63) is 75.0 Å². The van der Waals surface area contributed by atoms with Crippen molar-refractivity contribution in [2.24, 2.45) is 0 Å². The van der Waals surface area contributed by atoms with E-state index < -0.39 is 53.1 Å². The van der Waals surface area contributed by atoms with Gasteiger partial charge in [-0.3, -0.25) is 15.0 Å². The van der Waals surface area contributed by atoms with Crippen LogP contribution in [0, 0.1) is 13.8 Å². The Balaban J connectivity index is 1.33. The fourth-order valence-electron chi connectivity index (χ4n) is 9.90. The highest BCUT2D eigenvalue weighted by atomic mass is 32.2. The Morgan fingerprint density at radius 2 is 1.86 bits per heavy atom. The van der Waals surface area contributed by atoms with Gasteiger partial charge in [0.2, 0.25) is 6.79 Å². The maximum Gasteiger partial charge on any atom is 0.335 e. The van der Waals surface area contributed by atoms with Crippen LogP contribution >= 0.6 is 11.8 Å². The number of esters is 2.